The molecule has 0 aliphatic heterocycles. The van der Waals surface area contributed by atoms with E-state index < -0.39 is 11.9 Å². The van der Waals surface area contributed by atoms with Crippen LogP contribution in [0, 0.1) is 0 Å². The maximum atomic E-state index is 12.6. The first-order valence-corrected chi connectivity index (χ1v) is 5.22. The first-order chi connectivity index (χ1) is 7.84. The molecule has 0 aromatic carbocycles. The van der Waals surface area contributed by atoms with Crippen molar-refractivity contribution in [2.75, 3.05) is 30.9 Å². The van der Waals surface area contributed by atoms with E-state index in [4.69, 9.17) is 0 Å². The van der Waals surface area contributed by atoms with Gasteiger partial charge >= 0.3 is 6.18 Å². The molecule has 1 N–H and O–H groups in total. The lowest BCUT2D eigenvalue weighted by atomic mass is 10.3. The summed E-state index contributed by atoms with van der Waals surface area (Å²) in [6.07, 6.45) is -3.67. The molecule has 0 bridgehead atoms. The Kier molecular flexibility index (Phi) is 4.14. The number of nitrogens with one attached hydrogen (secondary N) is 1. The molecule has 0 amide bonds. The summed E-state index contributed by atoms with van der Waals surface area (Å²) in [5, 5.41) is 2.75. The Morgan fingerprint density at radius 1 is 1.29 bits per heavy atom. The zero-order valence-electron chi connectivity index (χ0n) is 9.97. The number of hydrogen-bond donors (Lipinski definition) is 1. The van der Waals surface area contributed by atoms with Crippen molar-refractivity contribution in [1.82, 2.24) is 9.97 Å². The molecule has 0 aliphatic carbocycles. The largest absolute Gasteiger partial charge is 0.433 e. The molecule has 1 heterocycles. The Hall–Kier alpha value is -1.53. The monoisotopic (exact) mass is 248 g/mol. The molecule has 17 heavy (non-hydrogen) atoms. The van der Waals surface area contributed by atoms with Crippen molar-refractivity contribution in [2.24, 2.45) is 0 Å². The van der Waals surface area contributed by atoms with E-state index in [-0.39, 0.29) is 11.8 Å². The van der Waals surface area contributed by atoms with Crippen LogP contribution in [0.15, 0.2) is 6.07 Å². The standard InChI is InChI=1S/C10H15F3N4/c1-4-5-14-9-15-7(10(11,12)13)6-8(16-9)17(2)3/h6H,4-5H2,1-3H3,(H,14,15,16). The number of hydrogen-bond acceptors (Lipinski definition) is 4. The van der Waals surface area contributed by atoms with E-state index in [0.717, 1.165) is 12.5 Å². The van der Waals surface area contributed by atoms with E-state index in [2.05, 4.69) is 15.3 Å². The highest BCUT2D eigenvalue weighted by atomic mass is 19.4. The molecule has 0 fully saturated rings. The van der Waals surface area contributed by atoms with E-state index in [1.165, 1.54) is 4.90 Å². The molecule has 0 radical (unpaired) electrons. The maximum absolute atomic E-state index is 12.6. The highest BCUT2D eigenvalue weighted by Crippen LogP contribution is 2.30. The summed E-state index contributed by atoms with van der Waals surface area (Å²) in [6, 6.07) is 0.928. The van der Waals surface area contributed by atoms with Crippen LogP contribution < -0.4 is 10.2 Å². The van der Waals surface area contributed by atoms with Crippen LogP contribution in [0.5, 0.6) is 0 Å². The second-order valence-electron chi connectivity index (χ2n) is 3.75. The SMILES string of the molecule is CCCNc1nc(N(C)C)cc(C(F)(F)F)n1. The summed E-state index contributed by atoms with van der Waals surface area (Å²) in [4.78, 5) is 8.95. The quantitative estimate of drug-likeness (QED) is 0.888. The summed E-state index contributed by atoms with van der Waals surface area (Å²) in [5.74, 6) is 0.233. The average Bonchev–Trinajstić information content (AvgIpc) is 2.24. The van der Waals surface area contributed by atoms with E-state index in [1.807, 2.05) is 6.92 Å². The number of rotatable bonds is 4. The number of anilines is 2. The summed E-state index contributed by atoms with van der Waals surface area (Å²) >= 11 is 0. The van der Waals surface area contributed by atoms with Gasteiger partial charge in [0.05, 0.1) is 0 Å². The van der Waals surface area contributed by atoms with Gasteiger partial charge in [-0.05, 0) is 6.42 Å². The highest BCUT2D eigenvalue weighted by Gasteiger charge is 2.33. The molecule has 96 valence electrons. The smallest absolute Gasteiger partial charge is 0.363 e. The molecule has 4 nitrogen and oxygen atoms in total. The van der Waals surface area contributed by atoms with Gasteiger partial charge in [0.15, 0.2) is 5.69 Å². The van der Waals surface area contributed by atoms with Gasteiger partial charge in [-0.1, -0.05) is 6.92 Å². The minimum absolute atomic E-state index is 0.00498. The average molecular weight is 248 g/mol. The topological polar surface area (TPSA) is 41.1 Å². The van der Waals surface area contributed by atoms with Gasteiger partial charge in [0, 0.05) is 26.7 Å². The summed E-state index contributed by atoms with van der Waals surface area (Å²) < 4.78 is 37.8. The lowest BCUT2D eigenvalue weighted by Crippen LogP contribution is -2.17. The molecule has 1 aromatic heterocycles. The predicted molar refractivity (Wildman–Crippen MR) is 60.1 cm³/mol. The molecule has 0 spiro atoms. The van der Waals surface area contributed by atoms with Crippen molar-refractivity contribution in [3.8, 4) is 0 Å². The van der Waals surface area contributed by atoms with Crippen LogP contribution in [-0.4, -0.2) is 30.6 Å². The Morgan fingerprint density at radius 2 is 1.94 bits per heavy atom. The third-order valence-corrected chi connectivity index (χ3v) is 1.99. The Balaban J connectivity index is 3.10. The number of aromatic nitrogens is 2. The second kappa shape index (κ2) is 5.20. The van der Waals surface area contributed by atoms with Gasteiger partial charge in [0.2, 0.25) is 5.95 Å². The van der Waals surface area contributed by atoms with Gasteiger partial charge < -0.3 is 10.2 Å². The molecule has 0 atom stereocenters. The van der Waals surface area contributed by atoms with Crippen molar-refractivity contribution in [1.29, 1.82) is 0 Å². The van der Waals surface area contributed by atoms with Gasteiger partial charge in [-0.3, -0.25) is 0 Å². The molecule has 0 unspecified atom stereocenters. The summed E-state index contributed by atoms with van der Waals surface area (Å²) in [7, 11) is 3.26. The molecule has 0 aliphatic rings. The molecule has 1 rings (SSSR count). The van der Waals surface area contributed by atoms with Crippen LogP contribution in [0.1, 0.15) is 19.0 Å². The fourth-order valence-corrected chi connectivity index (χ4v) is 1.12. The van der Waals surface area contributed by atoms with Crippen LogP contribution >= 0.6 is 0 Å². The van der Waals surface area contributed by atoms with Crippen molar-refractivity contribution in [3.05, 3.63) is 11.8 Å². The Labute approximate surface area is 97.9 Å². The second-order valence-corrected chi connectivity index (χ2v) is 3.75. The fourth-order valence-electron chi connectivity index (χ4n) is 1.12. The van der Waals surface area contributed by atoms with Crippen LogP contribution in [0.4, 0.5) is 24.9 Å². The predicted octanol–water partition coefficient (Wildman–Crippen LogP) is 2.38. The molecule has 1 aromatic rings. The summed E-state index contributed by atoms with van der Waals surface area (Å²) in [6.45, 7) is 2.45. The molecule has 7 heteroatoms. The van der Waals surface area contributed by atoms with Crippen LogP contribution in [0.25, 0.3) is 0 Å². The first kappa shape index (κ1) is 13.5. The minimum atomic E-state index is -4.46. The van der Waals surface area contributed by atoms with Crippen molar-refractivity contribution in [2.45, 2.75) is 19.5 Å². The molecular weight excluding hydrogens is 233 g/mol. The highest BCUT2D eigenvalue weighted by molar-refractivity contribution is 5.44. The zero-order chi connectivity index (χ0) is 13.1. The van der Waals surface area contributed by atoms with E-state index in [1.54, 1.807) is 14.1 Å². The van der Waals surface area contributed by atoms with Crippen LogP contribution in [0.3, 0.4) is 0 Å². The normalized spacial score (nSPS) is 11.4. The van der Waals surface area contributed by atoms with Gasteiger partial charge in [0.1, 0.15) is 5.82 Å². The number of alkyl halides is 3. The lowest BCUT2D eigenvalue weighted by Gasteiger charge is -2.15. The van der Waals surface area contributed by atoms with Gasteiger partial charge in [-0.2, -0.15) is 18.2 Å². The van der Waals surface area contributed by atoms with Gasteiger partial charge in [-0.25, -0.2) is 4.98 Å². The van der Waals surface area contributed by atoms with Crippen molar-refractivity contribution < 1.29 is 13.2 Å². The molecule has 0 saturated carbocycles. The minimum Gasteiger partial charge on any atom is -0.363 e. The van der Waals surface area contributed by atoms with E-state index in [0.29, 0.717) is 6.54 Å². The summed E-state index contributed by atoms with van der Waals surface area (Å²) in [5.41, 5.74) is -0.935. The molecular formula is C10H15F3N4. The van der Waals surface area contributed by atoms with Crippen molar-refractivity contribution in [3.63, 3.8) is 0 Å². The zero-order valence-corrected chi connectivity index (χ0v) is 9.97. The molecule has 0 saturated heterocycles. The first-order valence-electron chi connectivity index (χ1n) is 5.22. The van der Waals surface area contributed by atoms with Gasteiger partial charge in [0.25, 0.3) is 0 Å². The third kappa shape index (κ3) is 3.76. The number of halogens is 3. The lowest BCUT2D eigenvalue weighted by molar-refractivity contribution is -0.141. The van der Waals surface area contributed by atoms with Crippen molar-refractivity contribution >= 4 is 11.8 Å². The maximum Gasteiger partial charge on any atom is 0.433 e. The fraction of sp³-hybridized carbons (Fsp3) is 0.600. The Bertz CT molecular complexity index is 376. The van der Waals surface area contributed by atoms with Crippen LogP contribution in [-0.2, 0) is 6.18 Å². The van der Waals surface area contributed by atoms with Crippen LogP contribution in [0.2, 0.25) is 0 Å². The number of nitrogens with zero attached hydrogens (tertiary/aromatic N) is 3. The third-order valence-electron chi connectivity index (χ3n) is 1.99. The van der Waals surface area contributed by atoms with E-state index >= 15 is 0 Å². The van der Waals surface area contributed by atoms with Gasteiger partial charge in [-0.15, -0.1) is 0 Å². The Morgan fingerprint density at radius 3 is 2.41 bits per heavy atom. The van der Waals surface area contributed by atoms with E-state index in [9.17, 15) is 13.2 Å².